The lowest BCUT2D eigenvalue weighted by Gasteiger charge is -2.25. The van der Waals surface area contributed by atoms with E-state index in [1.165, 1.54) is 57.4 Å². The molecule has 0 heterocycles. The Kier molecular flexibility index (Phi) is 11.0. The van der Waals surface area contributed by atoms with Crippen LogP contribution in [0, 0.1) is 17.8 Å². The zero-order chi connectivity index (χ0) is 28.6. The summed E-state index contributed by atoms with van der Waals surface area (Å²) in [4.78, 5) is 50.9. The number of halogens is 4. The molecule has 38 heavy (non-hydrogen) atoms. The highest BCUT2D eigenvalue weighted by Gasteiger charge is 2.45. The lowest BCUT2D eigenvalue weighted by molar-refractivity contribution is -0.177. The summed E-state index contributed by atoms with van der Waals surface area (Å²) in [5, 5.41) is 12.6. The molecule has 0 bridgehead atoms. The number of ketones is 3. The lowest BCUT2D eigenvalue weighted by atomic mass is 9.84. The van der Waals surface area contributed by atoms with Crippen LogP contribution < -0.4 is 10.1 Å². The van der Waals surface area contributed by atoms with Gasteiger partial charge < -0.3 is 15.2 Å². The number of nitrogens with one attached hydrogen (secondary N) is 1. The van der Waals surface area contributed by atoms with Gasteiger partial charge in [-0.05, 0) is 35.7 Å². The molecule has 0 saturated heterocycles. The molecule has 2 aromatic rings. The van der Waals surface area contributed by atoms with E-state index in [4.69, 9.17) is 16.3 Å². The molecule has 0 unspecified atom stereocenters. The number of alkyl halides is 3. The van der Waals surface area contributed by atoms with Gasteiger partial charge in [-0.25, -0.2) is 0 Å². The number of aliphatic hydroxyl groups is 1. The maximum Gasteiger partial charge on any atom is 0.450 e. The lowest BCUT2D eigenvalue weighted by Crippen LogP contribution is -2.42. The molecule has 0 aliphatic carbocycles. The topological polar surface area (TPSA) is 110 Å². The van der Waals surface area contributed by atoms with Crippen LogP contribution >= 0.6 is 11.6 Å². The highest BCUT2D eigenvalue weighted by atomic mass is 35.5. The molecule has 0 fully saturated rings. The summed E-state index contributed by atoms with van der Waals surface area (Å²) < 4.78 is 44.5. The van der Waals surface area contributed by atoms with E-state index in [0.29, 0.717) is 10.8 Å². The van der Waals surface area contributed by atoms with E-state index in [0.717, 1.165) is 0 Å². The number of methoxy groups -OCH3 is 1. The molecule has 0 saturated carbocycles. The molecule has 0 radical (unpaired) electrons. The van der Waals surface area contributed by atoms with E-state index in [2.05, 4.69) is 5.32 Å². The first-order valence-electron chi connectivity index (χ1n) is 11.8. The van der Waals surface area contributed by atoms with Crippen molar-refractivity contribution in [2.75, 3.05) is 13.7 Å². The first-order valence-corrected chi connectivity index (χ1v) is 12.1. The van der Waals surface area contributed by atoms with Crippen molar-refractivity contribution in [2.24, 2.45) is 17.8 Å². The van der Waals surface area contributed by atoms with E-state index in [-0.39, 0.29) is 11.1 Å². The van der Waals surface area contributed by atoms with E-state index in [9.17, 15) is 37.5 Å². The Hall–Kier alpha value is -3.24. The minimum Gasteiger partial charge on any atom is -0.497 e. The van der Waals surface area contributed by atoms with Crippen molar-refractivity contribution in [3.63, 3.8) is 0 Å². The number of ether oxygens (including phenoxy) is 1. The molecule has 3 atom stereocenters. The van der Waals surface area contributed by atoms with Gasteiger partial charge in [0.15, 0.2) is 11.6 Å². The number of rotatable bonds is 13. The molecule has 2 aromatic carbocycles. The Labute approximate surface area is 223 Å². The van der Waals surface area contributed by atoms with E-state index in [1.54, 1.807) is 12.1 Å². The average molecular weight is 556 g/mol. The predicted octanol–water partition coefficient (Wildman–Crippen LogP) is 4.75. The zero-order valence-corrected chi connectivity index (χ0v) is 21.8. The van der Waals surface area contributed by atoms with Gasteiger partial charge in [-0.15, -0.1) is 0 Å². The summed E-state index contributed by atoms with van der Waals surface area (Å²) in [6.07, 6.45) is -6.32. The molecule has 0 spiro atoms. The van der Waals surface area contributed by atoms with Crippen molar-refractivity contribution in [1.82, 2.24) is 5.32 Å². The molecule has 2 rings (SSSR count). The third-order valence-corrected chi connectivity index (χ3v) is 6.30. The summed E-state index contributed by atoms with van der Waals surface area (Å²) in [6.45, 7) is 2.06. The second-order valence-corrected chi connectivity index (χ2v) is 9.55. The van der Waals surface area contributed by atoms with Gasteiger partial charge in [0, 0.05) is 29.3 Å². The van der Waals surface area contributed by atoms with Crippen molar-refractivity contribution in [2.45, 2.75) is 38.9 Å². The maximum absolute atomic E-state index is 13.3. The Morgan fingerprint density at radius 3 is 2.16 bits per heavy atom. The molecule has 11 heteroatoms. The first kappa shape index (κ1) is 31.0. The average Bonchev–Trinajstić information content (AvgIpc) is 2.87. The number of benzene rings is 2. The molecule has 206 valence electrons. The van der Waals surface area contributed by atoms with Crippen molar-refractivity contribution in [3.8, 4) is 5.75 Å². The third kappa shape index (κ3) is 8.39. The number of hydrogen-bond acceptors (Lipinski definition) is 6. The molecule has 0 aliphatic heterocycles. The molecule has 0 aliphatic rings. The van der Waals surface area contributed by atoms with Gasteiger partial charge in [0.1, 0.15) is 11.8 Å². The Balaban J connectivity index is 2.32. The minimum absolute atomic E-state index is 0.219. The SMILES string of the molecule is COc1ccc([C@H](NC(=O)[C@H](CO)CC(=O)c2cccc(Cl)c2)C(=O)C[C@H](C(=O)C(F)(F)F)C(C)C)cc1. The highest BCUT2D eigenvalue weighted by molar-refractivity contribution is 6.31. The highest BCUT2D eigenvalue weighted by Crippen LogP contribution is 2.30. The molecule has 1 amide bonds. The van der Waals surface area contributed by atoms with Crippen LogP contribution in [0.1, 0.15) is 48.7 Å². The molecule has 7 nitrogen and oxygen atoms in total. The van der Waals surface area contributed by atoms with E-state index < -0.39 is 72.7 Å². The summed E-state index contributed by atoms with van der Waals surface area (Å²) in [7, 11) is 1.41. The van der Waals surface area contributed by atoms with Crippen LogP contribution in [0.5, 0.6) is 5.75 Å². The van der Waals surface area contributed by atoms with Gasteiger partial charge in [0.25, 0.3) is 0 Å². The van der Waals surface area contributed by atoms with E-state index >= 15 is 0 Å². The van der Waals surface area contributed by atoms with Crippen LogP contribution in [0.25, 0.3) is 0 Å². The van der Waals surface area contributed by atoms with Gasteiger partial charge in [-0.2, -0.15) is 13.2 Å². The summed E-state index contributed by atoms with van der Waals surface area (Å²) >= 11 is 5.91. The van der Waals surface area contributed by atoms with Crippen LogP contribution in [-0.2, 0) is 14.4 Å². The summed E-state index contributed by atoms with van der Waals surface area (Å²) in [5.74, 6) is -7.49. The number of hydrogen-bond donors (Lipinski definition) is 2. The fraction of sp³-hybridized carbons (Fsp3) is 0.407. The molecular formula is C27H29ClF3NO6. The van der Waals surface area contributed by atoms with Crippen LogP contribution in [0.15, 0.2) is 48.5 Å². The summed E-state index contributed by atoms with van der Waals surface area (Å²) in [5.41, 5.74) is 0.445. The maximum atomic E-state index is 13.3. The number of Topliss-reactive ketones (excluding diaryl/α,β-unsaturated/α-hetero) is 3. The smallest absolute Gasteiger partial charge is 0.450 e. The largest absolute Gasteiger partial charge is 0.497 e. The first-order chi connectivity index (χ1) is 17.8. The predicted molar refractivity (Wildman–Crippen MR) is 134 cm³/mol. The van der Waals surface area contributed by atoms with Gasteiger partial charge >= 0.3 is 6.18 Å². The Morgan fingerprint density at radius 1 is 1.03 bits per heavy atom. The molecular weight excluding hydrogens is 527 g/mol. The quantitative estimate of drug-likeness (QED) is 0.345. The van der Waals surface area contributed by atoms with Crippen LogP contribution in [0.2, 0.25) is 5.02 Å². The number of carbonyl (C=O) groups excluding carboxylic acids is 4. The second-order valence-electron chi connectivity index (χ2n) is 9.11. The standard InChI is InChI=1S/C27H29ClF3NO6/c1-15(2)21(25(36)27(29,30)31)13-23(35)24(16-7-9-20(38-3)10-8-16)32-26(37)18(14-33)12-22(34)17-5-4-6-19(28)11-17/h4-11,15,18,21,24,33H,12-14H2,1-3H3,(H,32,37)/t18-,21-,24-/m0/s1. The second kappa shape index (κ2) is 13.5. The minimum atomic E-state index is -5.13. The van der Waals surface area contributed by atoms with Crippen molar-refractivity contribution < 1.29 is 42.2 Å². The van der Waals surface area contributed by atoms with Gasteiger partial charge in [-0.1, -0.05) is 49.7 Å². The number of aliphatic hydroxyl groups excluding tert-OH is 1. The normalized spacial score (nSPS) is 13.9. The Bertz CT molecular complexity index is 1150. The number of amides is 1. The van der Waals surface area contributed by atoms with Crippen molar-refractivity contribution in [1.29, 1.82) is 0 Å². The van der Waals surface area contributed by atoms with Crippen molar-refractivity contribution >= 4 is 34.9 Å². The van der Waals surface area contributed by atoms with E-state index in [1.807, 2.05) is 0 Å². The van der Waals surface area contributed by atoms with Crippen molar-refractivity contribution in [3.05, 3.63) is 64.7 Å². The number of carbonyl (C=O) groups is 4. The van der Waals surface area contributed by atoms with Crippen LogP contribution in [0.3, 0.4) is 0 Å². The van der Waals surface area contributed by atoms with Gasteiger partial charge in [0.05, 0.1) is 19.6 Å². The fourth-order valence-corrected chi connectivity index (χ4v) is 4.02. The van der Waals surface area contributed by atoms with Crippen LogP contribution in [0.4, 0.5) is 13.2 Å². The van der Waals surface area contributed by atoms with Gasteiger partial charge in [-0.3, -0.25) is 19.2 Å². The molecule has 0 aromatic heterocycles. The third-order valence-electron chi connectivity index (χ3n) is 6.07. The fourth-order valence-electron chi connectivity index (χ4n) is 3.83. The molecule has 2 N–H and O–H groups in total. The monoisotopic (exact) mass is 555 g/mol. The zero-order valence-electron chi connectivity index (χ0n) is 21.0. The van der Waals surface area contributed by atoms with Gasteiger partial charge in [0.2, 0.25) is 11.7 Å². The van der Waals surface area contributed by atoms with Crippen LogP contribution in [-0.4, -0.2) is 48.3 Å². The summed E-state index contributed by atoms with van der Waals surface area (Å²) in [6, 6.07) is 10.5. The Morgan fingerprint density at radius 2 is 1.66 bits per heavy atom.